The van der Waals surface area contributed by atoms with Gasteiger partial charge in [0.15, 0.2) is 0 Å². The third-order valence-electron chi connectivity index (χ3n) is 3.44. The molecule has 1 aromatic carbocycles. The first kappa shape index (κ1) is 12.9. The van der Waals surface area contributed by atoms with Crippen LogP contribution in [-0.2, 0) is 6.42 Å². The molecule has 1 N–H and O–H groups in total. The Morgan fingerprint density at radius 1 is 1.47 bits per heavy atom. The van der Waals surface area contributed by atoms with E-state index in [4.69, 9.17) is 0 Å². The van der Waals surface area contributed by atoms with Crippen molar-refractivity contribution < 1.29 is 4.39 Å². The van der Waals surface area contributed by atoms with Gasteiger partial charge in [0, 0.05) is 22.6 Å². The molecule has 94 valence electrons. The van der Waals surface area contributed by atoms with Gasteiger partial charge in [-0.15, -0.1) is 11.8 Å². The number of likely N-dealkylation sites (N-methyl/N-ethyl adjacent to an activating group) is 1. The number of hydrogen-bond donors (Lipinski definition) is 1. The Labute approximate surface area is 107 Å². The largest absolute Gasteiger partial charge is 0.314 e. The van der Waals surface area contributed by atoms with Gasteiger partial charge in [0.05, 0.1) is 6.67 Å². The predicted molar refractivity (Wildman–Crippen MR) is 72.7 cm³/mol. The molecule has 1 nitrogen and oxygen atoms in total. The first-order chi connectivity index (χ1) is 8.26. The lowest BCUT2D eigenvalue weighted by atomic mass is 9.92. The van der Waals surface area contributed by atoms with E-state index in [1.165, 1.54) is 16.2 Å². The SMILES string of the molecule is CCNC(C)C(CF)c1ccc2c(c1)SCC2. The van der Waals surface area contributed by atoms with E-state index in [0.29, 0.717) is 0 Å². The molecule has 2 unspecified atom stereocenters. The number of aryl methyl sites for hydroxylation is 1. The minimum atomic E-state index is -0.294. The summed E-state index contributed by atoms with van der Waals surface area (Å²) in [7, 11) is 0. The van der Waals surface area contributed by atoms with E-state index in [2.05, 4.69) is 37.4 Å². The normalized spacial score (nSPS) is 17.8. The van der Waals surface area contributed by atoms with Crippen LogP contribution in [0.2, 0.25) is 0 Å². The van der Waals surface area contributed by atoms with Crippen molar-refractivity contribution in [3.05, 3.63) is 29.3 Å². The second kappa shape index (κ2) is 5.87. The van der Waals surface area contributed by atoms with Crippen LogP contribution in [-0.4, -0.2) is 25.0 Å². The molecule has 0 saturated carbocycles. The average molecular weight is 253 g/mol. The Morgan fingerprint density at radius 3 is 3.00 bits per heavy atom. The number of rotatable bonds is 5. The molecule has 0 amide bonds. The molecule has 0 aromatic heterocycles. The molecule has 0 spiro atoms. The van der Waals surface area contributed by atoms with E-state index in [1.807, 2.05) is 11.8 Å². The van der Waals surface area contributed by atoms with Gasteiger partial charge in [-0.2, -0.15) is 0 Å². The van der Waals surface area contributed by atoms with Crippen molar-refractivity contribution in [2.24, 2.45) is 0 Å². The van der Waals surface area contributed by atoms with E-state index in [9.17, 15) is 4.39 Å². The molecule has 0 saturated heterocycles. The monoisotopic (exact) mass is 253 g/mol. The Balaban J connectivity index is 2.19. The van der Waals surface area contributed by atoms with Gasteiger partial charge in [-0.25, -0.2) is 0 Å². The molecule has 3 heteroatoms. The fraction of sp³-hybridized carbons (Fsp3) is 0.571. The van der Waals surface area contributed by atoms with E-state index < -0.39 is 0 Å². The zero-order chi connectivity index (χ0) is 12.3. The second-order valence-electron chi connectivity index (χ2n) is 4.57. The summed E-state index contributed by atoms with van der Waals surface area (Å²) >= 11 is 1.89. The van der Waals surface area contributed by atoms with E-state index in [1.54, 1.807) is 0 Å². The highest BCUT2D eigenvalue weighted by Crippen LogP contribution is 2.34. The summed E-state index contributed by atoms with van der Waals surface area (Å²) in [5, 5.41) is 3.32. The van der Waals surface area contributed by atoms with Crippen molar-refractivity contribution in [3.63, 3.8) is 0 Å². The molecule has 17 heavy (non-hydrogen) atoms. The van der Waals surface area contributed by atoms with Crippen LogP contribution in [0, 0.1) is 0 Å². The lowest BCUT2D eigenvalue weighted by Crippen LogP contribution is -2.33. The molecule has 1 aromatic rings. The lowest BCUT2D eigenvalue weighted by molar-refractivity contribution is 0.364. The average Bonchev–Trinajstić information content (AvgIpc) is 2.77. The summed E-state index contributed by atoms with van der Waals surface area (Å²) in [5.74, 6) is 1.14. The number of halogens is 1. The highest BCUT2D eigenvalue weighted by atomic mass is 32.2. The van der Waals surface area contributed by atoms with Crippen molar-refractivity contribution in [3.8, 4) is 0 Å². The van der Waals surface area contributed by atoms with Crippen molar-refractivity contribution >= 4 is 11.8 Å². The van der Waals surface area contributed by atoms with Gasteiger partial charge in [0.25, 0.3) is 0 Å². The van der Waals surface area contributed by atoms with Gasteiger partial charge in [-0.05, 0) is 37.1 Å². The molecule has 0 radical (unpaired) electrons. The molecule has 1 aliphatic rings. The highest BCUT2D eigenvalue weighted by Gasteiger charge is 2.21. The standard InChI is InChI=1S/C14H20FNS/c1-3-16-10(2)13(9-15)12-5-4-11-6-7-17-14(11)8-12/h4-5,8,10,13,16H,3,6-7,9H2,1-2H3. The highest BCUT2D eigenvalue weighted by molar-refractivity contribution is 7.99. The minimum Gasteiger partial charge on any atom is -0.314 e. The van der Waals surface area contributed by atoms with Gasteiger partial charge in [0.2, 0.25) is 0 Å². The quantitative estimate of drug-likeness (QED) is 0.863. The minimum absolute atomic E-state index is 0.0264. The van der Waals surface area contributed by atoms with E-state index in [-0.39, 0.29) is 18.6 Å². The molecule has 0 aliphatic carbocycles. The van der Waals surface area contributed by atoms with Gasteiger partial charge in [-0.1, -0.05) is 19.1 Å². The summed E-state index contributed by atoms with van der Waals surface area (Å²) in [4.78, 5) is 1.35. The Morgan fingerprint density at radius 2 is 2.29 bits per heavy atom. The summed E-state index contributed by atoms with van der Waals surface area (Å²) in [6, 6.07) is 6.65. The van der Waals surface area contributed by atoms with Crippen LogP contribution in [0.3, 0.4) is 0 Å². The predicted octanol–water partition coefficient (Wildman–Crippen LogP) is 3.39. The Bertz CT molecular complexity index is 380. The summed E-state index contributed by atoms with van der Waals surface area (Å²) in [6.07, 6.45) is 1.16. The first-order valence-electron chi connectivity index (χ1n) is 6.31. The lowest BCUT2D eigenvalue weighted by Gasteiger charge is -2.22. The molecule has 2 rings (SSSR count). The van der Waals surface area contributed by atoms with Crippen LogP contribution < -0.4 is 5.32 Å². The number of thioether (sulfide) groups is 1. The molecule has 1 heterocycles. The molecule has 0 bridgehead atoms. The van der Waals surface area contributed by atoms with Crippen LogP contribution in [0.15, 0.2) is 23.1 Å². The van der Waals surface area contributed by atoms with Gasteiger partial charge >= 0.3 is 0 Å². The number of fused-ring (bicyclic) bond motifs is 1. The van der Waals surface area contributed by atoms with Crippen molar-refractivity contribution in [2.75, 3.05) is 19.0 Å². The van der Waals surface area contributed by atoms with Crippen LogP contribution in [0.25, 0.3) is 0 Å². The maximum Gasteiger partial charge on any atom is 0.0977 e. The second-order valence-corrected chi connectivity index (χ2v) is 5.71. The number of hydrogen-bond acceptors (Lipinski definition) is 2. The van der Waals surface area contributed by atoms with Gasteiger partial charge in [-0.3, -0.25) is 4.39 Å². The topological polar surface area (TPSA) is 12.0 Å². The van der Waals surface area contributed by atoms with Crippen LogP contribution in [0.5, 0.6) is 0 Å². The zero-order valence-corrected chi connectivity index (χ0v) is 11.3. The third kappa shape index (κ3) is 2.83. The summed E-state index contributed by atoms with van der Waals surface area (Å²) in [5.41, 5.74) is 2.56. The molecule has 2 atom stereocenters. The molecule has 1 aliphatic heterocycles. The molecular weight excluding hydrogens is 233 g/mol. The first-order valence-corrected chi connectivity index (χ1v) is 7.29. The molecular formula is C14H20FNS. The van der Waals surface area contributed by atoms with E-state index in [0.717, 1.165) is 18.5 Å². The van der Waals surface area contributed by atoms with Gasteiger partial charge in [0.1, 0.15) is 0 Å². The Hall–Kier alpha value is -0.540. The van der Waals surface area contributed by atoms with Crippen molar-refractivity contribution in [1.29, 1.82) is 0 Å². The van der Waals surface area contributed by atoms with Gasteiger partial charge < -0.3 is 5.32 Å². The number of alkyl halides is 1. The van der Waals surface area contributed by atoms with Crippen LogP contribution >= 0.6 is 11.8 Å². The third-order valence-corrected chi connectivity index (χ3v) is 4.54. The zero-order valence-electron chi connectivity index (χ0n) is 10.5. The fourth-order valence-electron chi connectivity index (χ4n) is 2.39. The summed E-state index contributed by atoms with van der Waals surface area (Å²) in [6.45, 7) is 4.72. The fourth-order valence-corrected chi connectivity index (χ4v) is 3.51. The summed E-state index contributed by atoms with van der Waals surface area (Å²) < 4.78 is 13.2. The molecule has 0 fully saturated rings. The van der Waals surface area contributed by atoms with Crippen molar-refractivity contribution in [2.45, 2.75) is 37.1 Å². The van der Waals surface area contributed by atoms with Crippen LogP contribution in [0.4, 0.5) is 4.39 Å². The number of nitrogens with one attached hydrogen (secondary N) is 1. The van der Waals surface area contributed by atoms with Crippen LogP contribution in [0.1, 0.15) is 30.9 Å². The van der Waals surface area contributed by atoms with Crippen molar-refractivity contribution in [1.82, 2.24) is 5.32 Å². The number of benzene rings is 1. The van der Waals surface area contributed by atoms with E-state index >= 15 is 0 Å². The Kier molecular flexibility index (Phi) is 4.46. The smallest absolute Gasteiger partial charge is 0.0977 e. The maximum atomic E-state index is 13.2. The maximum absolute atomic E-state index is 13.2.